The lowest BCUT2D eigenvalue weighted by molar-refractivity contribution is 0.294. The molecule has 1 aliphatic rings. The Labute approximate surface area is 98.5 Å². The van der Waals surface area contributed by atoms with Crippen LogP contribution in [-0.4, -0.2) is 15.2 Å². The van der Waals surface area contributed by atoms with Gasteiger partial charge in [-0.2, -0.15) is 0 Å². The monoisotopic (exact) mass is 234 g/mol. The van der Waals surface area contributed by atoms with Crippen molar-refractivity contribution in [3.05, 3.63) is 24.4 Å². The van der Waals surface area contributed by atoms with Crippen LogP contribution in [-0.2, 0) is 0 Å². The van der Waals surface area contributed by atoms with E-state index in [2.05, 4.69) is 48.1 Å². The minimum Gasteiger partial charge on any atom is -0.364 e. The maximum absolute atomic E-state index is 9.52. The quantitative estimate of drug-likeness (QED) is 0.796. The van der Waals surface area contributed by atoms with E-state index in [9.17, 15) is 5.11 Å². The molecule has 0 bridgehead atoms. The fourth-order valence-corrected chi connectivity index (χ4v) is 2.99. The molecule has 16 heavy (non-hydrogen) atoms. The Morgan fingerprint density at radius 3 is 3.00 bits per heavy atom. The van der Waals surface area contributed by atoms with Crippen molar-refractivity contribution in [1.29, 1.82) is 0 Å². The highest BCUT2D eigenvalue weighted by atomic mass is 32.2. The molecule has 1 atom stereocenters. The molecule has 0 spiro atoms. The third kappa shape index (κ3) is 1.41. The Bertz CT molecular complexity index is 547. The second-order valence-electron chi connectivity index (χ2n) is 4.34. The first-order valence-electron chi connectivity index (χ1n) is 5.41. The van der Waals surface area contributed by atoms with E-state index >= 15 is 0 Å². The SMILES string of the molecule is CC(C)n1ccc2cc3c(cc21)NC(O)S3. The number of thioether (sulfide) groups is 1. The van der Waals surface area contributed by atoms with Gasteiger partial charge in [0, 0.05) is 22.5 Å². The number of hydrogen-bond donors (Lipinski definition) is 2. The molecular weight excluding hydrogens is 220 g/mol. The first-order chi connectivity index (χ1) is 7.65. The van der Waals surface area contributed by atoms with Gasteiger partial charge in [-0.05, 0) is 32.0 Å². The van der Waals surface area contributed by atoms with Crippen molar-refractivity contribution in [2.45, 2.75) is 30.3 Å². The third-order valence-electron chi connectivity index (χ3n) is 2.90. The maximum atomic E-state index is 9.52. The lowest BCUT2D eigenvalue weighted by Gasteiger charge is -2.10. The van der Waals surface area contributed by atoms with Gasteiger partial charge in [0.1, 0.15) is 0 Å². The molecule has 0 fully saturated rings. The highest BCUT2D eigenvalue weighted by Crippen LogP contribution is 2.40. The van der Waals surface area contributed by atoms with E-state index in [4.69, 9.17) is 0 Å². The molecule has 2 aromatic rings. The predicted molar refractivity (Wildman–Crippen MR) is 67.8 cm³/mol. The largest absolute Gasteiger partial charge is 0.364 e. The molecule has 2 N–H and O–H groups in total. The van der Waals surface area contributed by atoms with Crippen molar-refractivity contribution in [2.24, 2.45) is 0 Å². The zero-order valence-corrected chi connectivity index (χ0v) is 10.1. The number of rotatable bonds is 1. The highest BCUT2D eigenvalue weighted by Gasteiger charge is 2.20. The minimum atomic E-state index is -0.506. The average molecular weight is 234 g/mol. The summed E-state index contributed by atoms with van der Waals surface area (Å²) in [6.07, 6.45) is 2.12. The smallest absolute Gasteiger partial charge is 0.178 e. The summed E-state index contributed by atoms with van der Waals surface area (Å²) in [6, 6.07) is 6.83. The summed E-state index contributed by atoms with van der Waals surface area (Å²) < 4.78 is 2.24. The van der Waals surface area contributed by atoms with Gasteiger partial charge in [0.05, 0.1) is 11.2 Å². The van der Waals surface area contributed by atoms with Crippen molar-refractivity contribution < 1.29 is 5.11 Å². The van der Waals surface area contributed by atoms with Gasteiger partial charge in [-0.25, -0.2) is 0 Å². The van der Waals surface area contributed by atoms with Crippen LogP contribution in [0.1, 0.15) is 19.9 Å². The van der Waals surface area contributed by atoms with Gasteiger partial charge in [-0.3, -0.25) is 0 Å². The maximum Gasteiger partial charge on any atom is 0.178 e. The number of nitrogens with one attached hydrogen (secondary N) is 1. The molecule has 2 heterocycles. The van der Waals surface area contributed by atoms with E-state index in [-0.39, 0.29) is 0 Å². The summed E-state index contributed by atoms with van der Waals surface area (Å²) in [5, 5.41) is 13.8. The molecule has 0 amide bonds. The Hall–Kier alpha value is -1.13. The summed E-state index contributed by atoms with van der Waals surface area (Å²) in [5.74, 6) is 0. The van der Waals surface area contributed by atoms with Crippen molar-refractivity contribution in [3.8, 4) is 0 Å². The van der Waals surface area contributed by atoms with Crippen molar-refractivity contribution in [1.82, 2.24) is 4.57 Å². The summed E-state index contributed by atoms with van der Waals surface area (Å²) in [6.45, 7) is 4.34. The van der Waals surface area contributed by atoms with Gasteiger partial charge in [0.15, 0.2) is 5.56 Å². The van der Waals surface area contributed by atoms with Crippen LogP contribution in [0.2, 0.25) is 0 Å². The van der Waals surface area contributed by atoms with Crippen LogP contribution in [0.15, 0.2) is 29.3 Å². The zero-order chi connectivity index (χ0) is 11.3. The third-order valence-corrected chi connectivity index (χ3v) is 3.83. The number of hydrogen-bond acceptors (Lipinski definition) is 3. The van der Waals surface area contributed by atoms with Crippen LogP contribution in [0, 0.1) is 0 Å². The number of benzene rings is 1. The van der Waals surface area contributed by atoms with Crippen molar-refractivity contribution in [3.63, 3.8) is 0 Å². The number of aromatic nitrogens is 1. The average Bonchev–Trinajstić information content (AvgIpc) is 2.74. The molecule has 0 saturated heterocycles. The highest BCUT2D eigenvalue weighted by molar-refractivity contribution is 8.00. The molecule has 3 nitrogen and oxygen atoms in total. The van der Waals surface area contributed by atoms with Crippen molar-refractivity contribution >= 4 is 28.4 Å². The molecular formula is C12H14N2OS. The Morgan fingerprint density at radius 1 is 1.44 bits per heavy atom. The van der Waals surface area contributed by atoms with E-state index in [1.807, 2.05) is 0 Å². The summed E-state index contributed by atoms with van der Waals surface area (Å²) in [4.78, 5) is 1.13. The lowest BCUT2D eigenvalue weighted by atomic mass is 10.2. The number of anilines is 1. The fraction of sp³-hybridized carbons (Fsp3) is 0.333. The molecule has 84 valence electrons. The Morgan fingerprint density at radius 2 is 2.25 bits per heavy atom. The van der Waals surface area contributed by atoms with Crippen LogP contribution in [0.4, 0.5) is 5.69 Å². The van der Waals surface area contributed by atoms with E-state index in [1.54, 1.807) is 0 Å². The number of aliphatic hydroxyl groups excluding tert-OH is 1. The molecule has 3 rings (SSSR count). The Balaban J connectivity index is 2.20. The molecule has 0 saturated carbocycles. The van der Waals surface area contributed by atoms with E-state index in [1.165, 1.54) is 22.7 Å². The molecule has 0 aliphatic carbocycles. The fourth-order valence-electron chi connectivity index (χ4n) is 2.13. The van der Waals surface area contributed by atoms with E-state index in [0.29, 0.717) is 6.04 Å². The van der Waals surface area contributed by atoms with Gasteiger partial charge in [0.25, 0.3) is 0 Å². The van der Waals surface area contributed by atoms with Crippen LogP contribution >= 0.6 is 11.8 Å². The number of aliphatic hydroxyl groups is 1. The predicted octanol–water partition coefficient (Wildman–Crippen LogP) is 3.02. The van der Waals surface area contributed by atoms with E-state index in [0.717, 1.165) is 10.6 Å². The normalized spacial score (nSPS) is 19.1. The molecule has 1 unspecified atom stereocenters. The minimum absolute atomic E-state index is 0.453. The molecule has 1 aromatic carbocycles. The van der Waals surface area contributed by atoms with Crippen LogP contribution in [0.25, 0.3) is 10.9 Å². The summed E-state index contributed by atoms with van der Waals surface area (Å²) >= 11 is 1.46. The van der Waals surface area contributed by atoms with Crippen LogP contribution < -0.4 is 5.32 Å². The van der Waals surface area contributed by atoms with Crippen LogP contribution in [0.3, 0.4) is 0 Å². The van der Waals surface area contributed by atoms with Gasteiger partial charge < -0.3 is 15.0 Å². The number of fused-ring (bicyclic) bond motifs is 2. The molecule has 0 radical (unpaired) electrons. The number of nitrogens with zero attached hydrogens (tertiary/aromatic N) is 1. The summed E-state index contributed by atoms with van der Waals surface area (Å²) in [7, 11) is 0. The first kappa shape index (κ1) is 10.1. The zero-order valence-electron chi connectivity index (χ0n) is 9.27. The van der Waals surface area contributed by atoms with Crippen LogP contribution in [0.5, 0.6) is 0 Å². The van der Waals surface area contributed by atoms with Gasteiger partial charge >= 0.3 is 0 Å². The lowest BCUT2D eigenvalue weighted by Crippen LogP contribution is -2.07. The second kappa shape index (κ2) is 3.43. The van der Waals surface area contributed by atoms with Gasteiger partial charge in [0.2, 0.25) is 0 Å². The first-order valence-corrected chi connectivity index (χ1v) is 6.29. The van der Waals surface area contributed by atoms with Gasteiger partial charge in [-0.15, -0.1) is 0 Å². The second-order valence-corrected chi connectivity index (χ2v) is 5.46. The molecule has 1 aromatic heterocycles. The van der Waals surface area contributed by atoms with Crippen molar-refractivity contribution in [2.75, 3.05) is 5.32 Å². The standard InChI is InChI=1S/C12H14N2OS/c1-7(2)14-4-3-8-5-11-9(6-10(8)14)13-12(15)16-11/h3-7,12-13,15H,1-2H3. The molecule has 1 aliphatic heterocycles. The summed E-state index contributed by atoms with van der Waals surface area (Å²) in [5.41, 5.74) is 1.75. The topological polar surface area (TPSA) is 37.2 Å². The van der Waals surface area contributed by atoms with E-state index < -0.39 is 5.56 Å². The van der Waals surface area contributed by atoms with Gasteiger partial charge in [-0.1, -0.05) is 11.8 Å². The Kier molecular flexibility index (Phi) is 2.16. The molecule has 4 heteroatoms.